The monoisotopic (exact) mass is 408 g/mol. The van der Waals surface area contributed by atoms with Crippen molar-refractivity contribution >= 4 is 5.91 Å². The number of aromatic nitrogens is 1. The first-order valence-electron chi connectivity index (χ1n) is 10.7. The second-order valence-electron chi connectivity index (χ2n) is 9.45. The van der Waals surface area contributed by atoms with Crippen molar-refractivity contribution in [3.05, 3.63) is 23.4 Å². The van der Waals surface area contributed by atoms with Crippen molar-refractivity contribution in [2.75, 3.05) is 13.1 Å². The molecule has 0 unspecified atom stereocenters. The number of carbonyl (C=O) groups excluding carboxylic acids is 1. The van der Waals surface area contributed by atoms with Gasteiger partial charge in [-0.25, -0.2) is 13.8 Å². The van der Waals surface area contributed by atoms with Crippen LogP contribution in [0.15, 0.2) is 12.1 Å². The van der Waals surface area contributed by atoms with Gasteiger partial charge in [0.15, 0.2) is 0 Å². The van der Waals surface area contributed by atoms with Gasteiger partial charge >= 0.3 is 0 Å². The van der Waals surface area contributed by atoms with Crippen LogP contribution in [0.25, 0.3) is 0 Å². The van der Waals surface area contributed by atoms with Crippen LogP contribution in [0.1, 0.15) is 70.1 Å². The van der Waals surface area contributed by atoms with E-state index in [-0.39, 0.29) is 28.9 Å². The van der Waals surface area contributed by atoms with Crippen LogP contribution in [0.5, 0.6) is 5.88 Å². The lowest BCUT2D eigenvalue weighted by Crippen LogP contribution is -2.63. The third-order valence-electron chi connectivity index (χ3n) is 6.92. The molecule has 2 aliphatic carbocycles. The van der Waals surface area contributed by atoms with Crippen molar-refractivity contribution < 1.29 is 23.4 Å². The Morgan fingerprint density at radius 1 is 1.31 bits per heavy atom. The number of aliphatic hydroxyl groups is 1. The molecule has 3 fully saturated rings. The second-order valence-corrected chi connectivity index (χ2v) is 9.45. The number of nitrogens with zero attached hydrogens (tertiary/aromatic N) is 2. The van der Waals surface area contributed by atoms with Gasteiger partial charge in [0.2, 0.25) is 11.8 Å². The highest BCUT2D eigenvalue weighted by Gasteiger charge is 2.51. The van der Waals surface area contributed by atoms with Gasteiger partial charge in [-0.3, -0.25) is 4.79 Å². The van der Waals surface area contributed by atoms with E-state index >= 15 is 0 Å². The molecule has 0 radical (unpaired) electrons. The van der Waals surface area contributed by atoms with Crippen molar-refractivity contribution in [1.29, 1.82) is 0 Å². The normalized spacial score (nSPS) is 28.9. The number of hydrogen-bond donors (Lipinski definition) is 1. The van der Waals surface area contributed by atoms with Gasteiger partial charge in [-0.2, -0.15) is 0 Å². The Hall–Kier alpha value is -1.76. The molecule has 2 saturated carbocycles. The van der Waals surface area contributed by atoms with Crippen LogP contribution >= 0.6 is 0 Å². The second kappa shape index (κ2) is 7.49. The number of likely N-dealkylation sites (tertiary alicyclic amines) is 1. The Morgan fingerprint density at radius 2 is 1.97 bits per heavy atom. The van der Waals surface area contributed by atoms with Gasteiger partial charge in [0.25, 0.3) is 6.43 Å². The molecule has 29 heavy (non-hydrogen) atoms. The van der Waals surface area contributed by atoms with Gasteiger partial charge in [0.1, 0.15) is 6.10 Å². The Labute approximate surface area is 170 Å². The van der Waals surface area contributed by atoms with Crippen molar-refractivity contribution in [2.24, 2.45) is 11.3 Å². The number of halogens is 2. The highest BCUT2D eigenvalue weighted by atomic mass is 19.3. The maximum Gasteiger partial charge on any atom is 0.265 e. The van der Waals surface area contributed by atoms with Crippen LogP contribution in [0, 0.1) is 11.3 Å². The summed E-state index contributed by atoms with van der Waals surface area (Å²) in [7, 11) is 0. The van der Waals surface area contributed by atoms with E-state index in [2.05, 4.69) is 4.98 Å². The molecular formula is C22H30F2N2O3. The first-order chi connectivity index (χ1) is 13.7. The molecule has 3 aliphatic rings. The zero-order valence-electron chi connectivity index (χ0n) is 17.2. The quantitative estimate of drug-likeness (QED) is 0.803. The maximum atomic E-state index is 13.0. The molecule has 1 aromatic heterocycles. The SMILES string of the molecule is CCc1nc(OC2CCC3(CC2)CN(C(=O)[C@H]2C[C@@](C)(O)C2)C3)ccc1C(F)F. The lowest BCUT2D eigenvalue weighted by Gasteiger charge is -2.55. The van der Waals surface area contributed by atoms with E-state index in [9.17, 15) is 18.7 Å². The van der Waals surface area contributed by atoms with Crippen molar-refractivity contribution in [3.8, 4) is 5.88 Å². The summed E-state index contributed by atoms with van der Waals surface area (Å²) in [6.07, 6.45) is 2.90. The van der Waals surface area contributed by atoms with Crippen molar-refractivity contribution in [1.82, 2.24) is 9.88 Å². The van der Waals surface area contributed by atoms with Gasteiger partial charge < -0.3 is 14.7 Å². The molecule has 1 amide bonds. The first-order valence-corrected chi connectivity index (χ1v) is 10.7. The molecule has 5 nitrogen and oxygen atoms in total. The van der Waals surface area contributed by atoms with Crippen LogP contribution in [-0.4, -0.2) is 45.7 Å². The number of hydrogen-bond acceptors (Lipinski definition) is 4. The fraction of sp³-hybridized carbons (Fsp3) is 0.727. The average molecular weight is 408 g/mol. The van der Waals surface area contributed by atoms with E-state index in [0.29, 0.717) is 30.8 Å². The average Bonchev–Trinajstić information content (AvgIpc) is 2.64. The van der Waals surface area contributed by atoms with Crippen LogP contribution < -0.4 is 4.74 Å². The minimum atomic E-state index is -2.52. The zero-order valence-corrected chi connectivity index (χ0v) is 17.2. The van der Waals surface area contributed by atoms with Crippen LogP contribution in [0.3, 0.4) is 0 Å². The topological polar surface area (TPSA) is 62.7 Å². The molecule has 0 atom stereocenters. The summed E-state index contributed by atoms with van der Waals surface area (Å²) in [6.45, 7) is 5.21. The standard InChI is InChI=1S/C22H30F2N2O3/c1-3-17-16(19(23)24)4-5-18(25-17)29-15-6-8-22(9-7-15)12-26(13-22)20(27)14-10-21(2,28)11-14/h4-5,14-15,19,28H,3,6-13H2,1-2H3/t14-,21+. The molecule has 2 heterocycles. The van der Waals surface area contributed by atoms with Gasteiger partial charge in [-0.15, -0.1) is 0 Å². The molecule has 0 aromatic carbocycles. The number of alkyl halides is 2. The Morgan fingerprint density at radius 3 is 2.52 bits per heavy atom. The summed E-state index contributed by atoms with van der Waals surface area (Å²) in [4.78, 5) is 18.7. The number of amides is 1. The maximum absolute atomic E-state index is 13.0. The third kappa shape index (κ3) is 4.11. The largest absolute Gasteiger partial charge is 0.474 e. The number of pyridine rings is 1. The summed E-state index contributed by atoms with van der Waals surface area (Å²) < 4.78 is 32.0. The molecule has 1 aromatic rings. The predicted octanol–water partition coefficient (Wildman–Crippen LogP) is 3.89. The number of carbonyl (C=O) groups is 1. The van der Waals surface area contributed by atoms with Crippen molar-refractivity contribution in [3.63, 3.8) is 0 Å². The molecule has 1 spiro atoms. The molecule has 0 bridgehead atoms. The van der Waals surface area contributed by atoms with Gasteiger partial charge in [-0.05, 0) is 57.9 Å². The number of ether oxygens (including phenoxy) is 1. The summed E-state index contributed by atoms with van der Waals surface area (Å²) in [5.74, 6) is 0.600. The van der Waals surface area contributed by atoms with E-state index in [4.69, 9.17) is 4.74 Å². The highest BCUT2D eigenvalue weighted by molar-refractivity contribution is 5.81. The molecule has 160 valence electrons. The van der Waals surface area contributed by atoms with Crippen molar-refractivity contribution in [2.45, 2.75) is 76.9 Å². The van der Waals surface area contributed by atoms with Gasteiger partial charge in [0, 0.05) is 36.1 Å². The Kier molecular flexibility index (Phi) is 5.30. The van der Waals surface area contributed by atoms with Crippen LogP contribution in [-0.2, 0) is 11.2 Å². The molecule has 1 N–H and O–H groups in total. The molecular weight excluding hydrogens is 378 g/mol. The molecule has 7 heteroatoms. The third-order valence-corrected chi connectivity index (χ3v) is 6.92. The summed E-state index contributed by atoms with van der Waals surface area (Å²) in [5.41, 5.74) is -0.0941. The van der Waals surface area contributed by atoms with E-state index in [1.807, 2.05) is 11.8 Å². The summed E-state index contributed by atoms with van der Waals surface area (Å²) in [5, 5.41) is 9.85. The summed E-state index contributed by atoms with van der Waals surface area (Å²) >= 11 is 0. The molecule has 1 saturated heterocycles. The van der Waals surface area contributed by atoms with E-state index in [1.54, 1.807) is 13.0 Å². The fourth-order valence-electron chi connectivity index (χ4n) is 5.20. The van der Waals surface area contributed by atoms with E-state index in [1.165, 1.54) is 6.07 Å². The Balaban J connectivity index is 1.26. The number of rotatable bonds is 5. The van der Waals surface area contributed by atoms with Crippen LogP contribution in [0.4, 0.5) is 8.78 Å². The lowest BCUT2D eigenvalue weighted by atomic mass is 9.66. The highest BCUT2D eigenvalue weighted by Crippen LogP contribution is 2.47. The van der Waals surface area contributed by atoms with Gasteiger partial charge in [0.05, 0.1) is 11.3 Å². The minimum Gasteiger partial charge on any atom is -0.474 e. The van der Waals surface area contributed by atoms with Gasteiger partial charge in [-0.1, -0.05) is 6.92 Å². The number of aryl methyl sites for hydroxylation is 1. The minimum absolute atomic E-state index is 0.0166. The van der Waals surface area contributed by atoms with E-state index < -0.39 is 12.0 Å². The lowest BCUT2D eigenvalue weighted by molar-refractivity contribution is -0.164. The smallest absolute Gasteiger partial charge is 0.265 e. The predicted molar refractivity (Wildman–Crippen MR) is 104 cm³/mol. The molecule has 4 rings (SSSR count). The van der Waals surface area contributed by atoms with E-state index in [0.717, 1.165) is 38.8 Å². The first kappa shape index (κ1) is 20.5. The van der Waals surface area contributed by atoms with Crippen LogP contribution in [0.2, 0.25) is 0 Å². The molecule has 1 aliphatic heterocycles. The zero-order chi connectivity index (χ0) is 20.8. The summed E-state index contributed by atoms with van der Waals surface area (Å²) in [6, 6.07) is 2.96. The Bertz CT molecular complexity index is 759. The fourth-order valence-corrected chi connectivity index (χ4v) is 5.20.